The van der Waals surface area contributed by atoms with E-state index >= 15 is 0 Å². The monoisotopic (exact) mass is 470 g/mol. The van der Waals surface area contributed by atoms with Crippen LogP contribution in [0.1, 0.15) is 26.3 Å². The van der Waals surface area contributed by atoms with Crippen LogP contribution < -0.4 is 25.4 Å². The Morgan fingerprint density at radius 1 is 0.647 bits per heavy atom. The van der Waals surface area contributed by atoms with E-state index in [9.17, 15) is 5.11 Å². The molecule has 1 unspecified atom stereocenters. The predicted molar refractivity (Wildman–Crippen MR) is 144 cm³/mol. The van der Waals surface area contributed by atoms with Gasteiger partial charge in [0.1, 0.15) is 17.2 Å². The van der Waals surface area contributed by atoms with Crippen LogP contribution in [-0.2, 0) is 5.41 Å². The Hall–Kier alpha value is -3.29. The molecule has 0 bridgehead atoms. The molecule has 0 saturated carbocycles. The van der Waals surface area contributed by atoms with Crippen LogP contribution in [-0.4, -0.2) is 19.3 Å². The summed E-state index contributed by atoms with van der Waals surface area (Å²) in [6.45, 7) is 6.39. The van der Waals surface area contributed by atoms with Crippen molar-refractivity contribution < 1.29 is 14.6 Å². The molecule has 34 heavy (non-hydrogen) atoms. The maximum absolute atomic E-state index is 11.5. The predicted octanol–water partition coefficient (Wildman–Crippen LogP) is 6.13. The molecule has 4 aromatic carbocycles. The molecule has 0 spiro atoms. The fourth-order valence-electron chi connectivity index (χ4n) is 4.30. The van der Waals surface area contributed by atoms with Crippen LogP contribution in [0.25, 0.3) is 11.1 Å². The largest absolute Gasteiger partial charge is 0.507 e. The number of hydrogen-bond acceptors (Lipinski definition) is 3. The van der Waals surface area contributed by atoms with Crippen molar-refractivity contribution in [3.63, 3.8) is 0 Å². The van der Waals surface area contributed by atoms with Gasteiger partial charge >= 0.3 is 0 Å². The summed E-state index contributed by atoms with van der Waals surface area (Å²) in [5, 5.41) is 14.8. The van der Waals surface area contributed by atoms with Gasteiger partial charge in [0.2, 0.25) is 0 Å². The van der Waals surface area contributed by atoms with Crippen molar-refractivity contribution >= 4 is 23.8 Å². The van der Waals surface area contributed by atoms with Crippen LogP contribution >= 0.6 is 7.92 Å². The highest BCUT2D eigenvalue weighted by molar-refractivity contribution is 7.80. The van der Waals surface area contributed by atoms with Crippen molar-refractivity contribution in [3.8, 4) is 28.4 Å². The number of methoxy groups -OCH3 is 2. The minimum absolute atomic E-state index is 0.177. The van der Waals surface area contributed by atoms with Crippen LogP contribution in [0.3, 0.4) is 0 Å². The molecule has 0 saturated heterocycles. The lowest BCUT2D eigenvalue weighted by Gasteiger charge is -2.27. The zero-order chi connectivity index (χ0) is 24.3. The SMILES string of the molecule is COc1cccc(OC)c1-c1ccccc1P(c1ccccc1)c1cccc(C(C)(C)C)c1O. The van der Waals surface area contributed by atoms with Gasteiger partial charge in [0.25, 0.3) is 0 Å². The second-order valence-electron chi connectivity index (χ2n) is 9.15. The maximum atomic E-state index is 11.5. The highest BCUT2D eigenvalue weighted by Gasteiger charge is 2.28. The molecule has 0 amide bonds. The summed E-state index contributed by atoms with van der Waals surface area (Å²) in [4.78, 5) is 0. The highest BCUT2D eigenvalue weighted by atomic mass is 31.1. The molecule has 0 fully saturated rings. The van der Waals surface area contributed by atoms with E-state index in [1.165, 1.54) is 5.30 Å². The van der Waals surface area contributed by atoms with Crippen molar-refractivity contribution in [3.05, 3.63) is 96.6 Å². The molecule has 4 heteroatoms. The third-order valence-corrected chi connectivity index (χ3v) is 8.45. The fourth-order valence-corrected chi connectivity index (χ4v) is 6.81. The van der Waals surface area contributed by atoms with E-state index in [2.05, 4.69) is 75.4 Å². The smallest absolute Gasteiger partial charge is 0.130 e. The van der Waals surface area contributed by atoms with Crippen LogP contribution in [0, 0.1) is 0 Å². The van der Waals surface area contributed by atoms with E-state index in [0.29, 0.717) is 5.75 Å². The Morgan fingerprint density at radius 3 is 1.82 bits per heavy atom. The first-order chi connectivity index (χ1) is 16.4. The van der Waals surface area contributed by atoms with Gasteiger partial charge in [0.15, 0.2) is 0 Å². The molecule has 1 atom stereocenters. The molecule has 4 aromatic rings. The van der Waals surface area contributed by atoms with Gasteiger partial charge in [0.05, 0.1) is 19.8 Å². The molecule has 1 N–H and O–H groups in total. The lowest BCUT2D eigenvalue weighted by Crippen LogP contribution is -2.24. The van der Waals surface area contributed by atoms with E-state index in [1.807, 2.05) is 36.4 Å². The number of phenolic OH excluding ortho intramolecular Hbond substituents is 1. The van der Waals surface area contributed by atoms with Crippen molar-refractivity contribution in [1.29, 1.82) is 0 Å². The van der Waals surface area contributed by atoms with Crippen LogP contribution in [0.2, 0.25) is 0 Å². The number of benzene rings is 4. The summed E-state index contributed by atoms with van der Waals surface area (Å²) in [5.74, 6) is 1.87. The lowest BCUT2D eigenvalue weighted by atomic mass is 9.86. The average Bonchev–Trinajstić information content (AvgIpc) is 2.85. The average molecular weight is 471 g/mol. The number of aromatic hydroxyl groups is 1. The summed E-state index contributed by atoms with van der Waals surface area (Å²) >= 11 is 0. The number of para-hydroxylation sites is 1. The van der Waals surface area contributed by atoms with Gasteiger partial charge in [-0.3, -0.25) is 0 Å². The fraction of sp³-hybridized carbons (Fsp3) is 0.200. The number of rotatable bonds is 6. The van der Waals surface area contributed by atoms with Crippen molar-refractivity contribution in [2.24, 2.45) is 0 Å². The Morgan fingerprint density at radius 2 is 1.21 bits per heavy atom. The first-order valence-corrected chi connectivity index (χ1v) is 12.7. The lowest BCUT2D eigenvalue weighted by molar-refractivity contribution is 0.397. The van der Waals surface area contributed by atoms with Gasteiger partial charge in [0, 0.05) is 5.30 Å². The standard InChI is InChI=1S/C30H31O3P/c1-30(2,3)23-16-11-20-27(29(23)31)34(21-13-7-6-8-14-21)26-19-10-9-15-22(26)28-24(32-4)17-12-18-25(28)33-5/h6-20,31H,1-5H3. The molecule has 0 aliphatic carbocycles. The Balaban J connectivity index is 2.04. The van der Waals surface area contributed by atoms with E-state index in [-0.39, 0.29) is 5.41 Å². The first-order valence-electron chi connectivity index (χ1n) is 11.3. The van der Waals surface area contributed by atoms with Crippen molar-refractivity contribution in [2.75, 3.05) is 14.2 Å². The molecule has 0 heterocycles. The summed E-state index contributed by atoms with van der Waals surface area (Å²) in [7, 11) is 2.29. The number of phenols is 1. The van der Waals surface area contributed by atoms with E-state index in [1.54, 1.807) is 14.2 Å². The summed E-state index contributed by atoms with van der Waals surface area (Å²) < 4.78 is 11.5. The summed E-state index contributed by atoms with van der Waals surface area (Å²) in [5.41, 5.74) is 2.72. The summed E-state index contributed by atoms with van der Waals surface area (Å²) in [6, 6.07) is 30.8. The topological polar surface area (TPSA) is 38.7 Å². The van der Waals surface area contributed by atoms with Gasteiger partial charge < -0.3 is 14.6 Å². The second-order valence-corrected chi connectivity index (χ2v) is 11.3. The molecule has 174 valence electrons. The highest BCUT2D eigenvalue weighted by Crippen LogP contribution is 2.45. The van der Waals surface area contributed by atoms with Gasteiger partial charge in [-0.25, -0.2) is 0 Å². The number of hydrogen-bond donors (Lipinski definition) is 1. The molecular formula is C30H31O3P. The Bertz CT molecular complexity index is 1250. The quantitative estimate of drug-likeness (QED) is 0.345. The number of ether oxygens (including phenoxy) is 2. The third kappa shape index (κ3) is 4.54. The minimum atomic E-state index is -1.07. The van der Waals surface area contributed by atoms with Gasteiger partial charge in [-0.1, -0.05) is 99.6 Å². The van der Waals surface area contributed by atoms with Crippen molar-refractivity contribution in [1.82, 2.24) is 0 Å². The van der Waals surface area contributed by atoms with Crippen LogP contribution in [0.4, 0.5) is 0 Å². The van der Waals surface area contributed by atoms with Crippen molar-refractivity contribution in [2.45, 2.75) is 26.2 Å². The first kappa shape index (κ1) is 23.9. The molecule has 3 nitrogen and oxygen atoms in total. The zero-order valence-corrected chi connectivity index (χ0v) is 21.3. The Labute approximate surface area is 203 Å². The zero-order valence-electron chi connectivity index (χ0n) is 20.4. The molecule has 0 radical (unpaired) electrons. The molecule has 4 rings (SSSR count). The molecular weight excluding hydrogens is 439 g/mol. The molecule has 0 aromatic heterocycles. The van der Waals surface area contributed by atoms with Gasteiger partial charge in [-0.2, -0.15) is 0 Å². The molecule has 0 aliphatic heterocycles. The normalized spacial score (nSPS) is 12.3. The van der Waals surface area contributed by atoms with Crippen LogP contribution in [0.15, 0.2) is 91.0 Å². The van der Waals surface area contributed by atoms with Crippen LogP contribution in [0.5, 0.6) is 17.2 Å². The van der Waals surface area contributed by atoms with E-state index in [0.717, 1.165) is 38.8 Å². The van der Waals surface area contributed by atoms with E-state index < -0.39 is 7.92 Å². The van der Waals surface area contributed by atoms with Gasteiger partial charge in [-0.05, 0) is 47.2 Å². The molecule has 0 aliphatic rings. The Kier molecular flexibility index (Phi) is 6.95. The second kappa shape index (κ2) is 9.91. The third-order valence-electron chi connectivity index (χ3n) is 5.92. The van der Waals surface area contributed by atoms with Gasteiger partial charge in [-0.15, -0.1) is 0 Å². The minimum Gasteiger partial charge on any atom is -0.507 e. The van der Waals surface area contributed by atoms with E-state index in [4.69, 9.17) is 9.47 Å². The maximum Gasteiger partial charge on any atom is 0.130 e. The summed E-state index contributed by atoms with van der Waals surface area (Å²) in [6.07, 6.45) is 0.